The van der Waals surface area contributed by atoms with Crippen molar-refractivity contribution in [1.29, 1.82) is 0 Å². The van der Waals surface area contributed by atoms with Crippen molar-refractivity contribution in [2.24, 2.45) is 5.92 Å². The quantitative estimate of drug-likeness (QED) is 0.493. The number of carbonyl (C=O) groups excluding carboxylic acids is 1. The average Bonchev–Trinajstić information content (AvgIpc) is 2.25. The molecular formula is C10H18N2O4. The van der Waals surface area contributed by atoms with E-state index in [1.165, 1.54) is 6.92 Å². The van der Waals surface area contributed by atoms with E-state index in [9.17, 15) is 14.7 Å². The maximum Gasteiger partial charge on any atom is 0.328 e. The molecule has 0 radical (unpaired) electrons. The number of aliphatic hydroxyl groups is 1. The van der Waals surface area contributed by atoms with E-state index in [4.69, 9.17) is 5.11 Å². The number of carboxylic acids is 1. The number of hydrogen-bond donors (Lipinski definition) is 4. The Labute approximate surface area is 94.0 Å². The van der Waals surface area contributed by atoms with Crippen molar-refractivity contribution < 1.29 is 19.8 Å². The molecule has 1 aliphatic rings. The zero-order valence-corrected chi connectivity index (χ0v) is 9.27. The first-order chi connectivity index (χ1) is 7.52. The minimum absolute atomic E-state index is 0.200. The van der Waals surface area contributed by atoms with Crippen LogP contribution in [-0.2, 0) is 9.59 Å². The summed E-state index contributed by atoms with van der Waals surface area (Å²) in [4.78, 5) is 22.5. The molecule has 1 aliphatic heterocycles. The van der Waals surface area contributed by atoms with Crippen molar-refractivity contribution in [1.82, 2.24) is 10.6 Å². The second-order valence-electron chi connectivity index (χ2n) is 4.11. The van der Waals surface area contributed by atoms with Gasteiger partial charge in [0.05, 0.1) is 12.0 Å². The highest BCUT2D eigenvalue weighted by Crippen LogP contribution is 2.10. The fourth-order valence-corrected chi connectivity index (χ4v) is 1.74. The van der Waals surface area contributed by atoms with Crippen LogP contribution in [0.25, 0.3) is 0 Å². The van der Waals surface area contributed by atoms with E-state index in [-0.39, 0.29) is 11.8 Å². The van der Waals surface area contributed by atoms with Gasteiger partial charge in [0.1, 0.15) is 0 Å². The van der Waals surface area contributed by atoms with Crippen LogP contribution in [0.2, 0.25) is 0 Å². The van der Waals surface area contributed by atoms with Gasteiger partial charge in [0.25, 0.3) is 0 Å². The lowest BCUT2D eigenvalue weighted by Crippen LogP contribution is -2.51. The molecule has 0 aromatic heterocycles. The molecule has 1 heterocycles. The summed E-state index contributed by atoms with van der Waals surface area (Å²) in [6, 6.07) is -1.23. The SMILES string of the molecule is C[C@@H](O)[C@H](NC(=O)[C@@H]1CCCNC1)C(=O)O. The van der Waals surface area contributed by atoms with Gasteiger partial charge in [0, 0.05) is 6.54 Å². The maximum atomic E-state index is 11.7. The van der Waals surface area contributed by atoms with Gasteiger partial charge in [-0.2, -0.15) is 0 Å². The first-order valence-corrected chi connectivity index (χ1v) is 5.44. The Morgan fingerprint density at radius 1 is 1.50 bits per heavy atom. The van der Waals surface area contributed by atoms with E-state index < -0.39 is 18.1 Å². The number of aliphatic hydroxyl groups excluding tert-OH is 1. The minimum atomic E-state index is -1.23. The van der Waals surface area contributed by atoms with Crippen LogP contribution < -0.4 is 10.6 Å². The van der Waals surface area contributed by atoms with Crippen LogP contribution in [0.1, 0.15) is 19.8 Å². The van der Waals surface area contributed by atoms with Gasteiger partial charge < -0.3 is 20.8 Å². The molecule has 1 rings (SSSR count). The molecule has 92 valence electrons. The number of rotatable bonds is 4. The largest absolute Gasteiger partial charge is 0.480 e. The molecule has 0 aliphatic carbocycles. The number of hydrogen-bond acceptors (Lipinski definition) is 4. The molecule has 1 amide bonds. The summed E-state index contributed by atoms with van der Waals surface area (Å²) >= 11 is 0. The van der Waals surface area contributed by atoms with Crippen molar-refractivity contribution in [2.45, 2.75) is 31.9 Å². The Kier molecular flexibility index (Phi) is 4.70. The van der Waals surface area contributed by atoms with Crippen molar-refractivity contribution >= 4 is 11.9 Å². The monoisotopic (exact) mass is 230 g/mol. The lowest BCUT2D eigenvalue weighted by Gasteiger charge is -2.24. The molecule has 6 heteroatoms. The normalized spacial score (nSPS) is 24.5. The van der Waals surface area contributed by atoms with Crippen molar-refractivity contribution in [3.05, 3.63) is 0 Å². The Hall–Kier alpha value is -1.14. The van der Waals surface area contributed by atoms with Crippen LogP contribution in [0, 0.1) is 5.92 Å². The Morgan fingerprint density at radius 3 is 2.62 bits per heavy atom. The van der Waals surface area contributed by atoms with Gasteiger partial charge in [-0.15, -0.1) is 0 Å². The highest BCUT2D eigenvalue weighted by Gasteiger charge is 2.29. The Morgan fingerprint density at radius 2 is 2.19 bits per heavy atom. The molecule has 1 fully saturated rings. The van der Waals surface area contributed by atoms with Gasteiger partial charge in [-0.3, -0.25) is 4.79 Å². The Bertz CT molecular complexity index is 262. The van der Waals surface area contributed by atoms with E-state index in [0.29, 0.717) is 6.54 Å². The van der Waals surface area contributed by atoms with Crippen LogP contribution in [0.3, 0.4) is 0 Å². The zero-order valence-electron chi connectivity index (χ0n) is 9.27. The highest BCUT2D eigenvalue weighted by atomic mass is 16.4. The predicted molar refractivity (Wildman–Crippen MR) is 56.8 cm³/mol. The third kappa shape index (κ3) is 3.46. The van der Waals surface area contributed by atoms with Crippen molar-refractivity contribution in [2.75, 3.05) is 13.1 Å². The predicted octanol–water partition coefficient (Wildman–Crippen LogP) is -1.06. The molecule has 16 heavy (non-hydrogen) atoms. The molecule has 0 unspecified atom stereocenters. The van der Waals surface area contributed by atoms with Gasteiger partial charge in [0.15, 0.2) is 6.04 Å². The number of piperidine rings is 1. The third-order valence-electron chi connectivity index (χ3n) is 2.71. The Balaban J connectivity index is 2.50. The van der Waals surface area contributed by atoms with Gasteiger partial charge >= 0.3 is 5.97 Å². The fourth-order valence-electron chi connectivity index (χ4n) is 1.74. The summed E-state index contributed by atoms with van der Waals surface area (Å²) in [5, 5.41) is 23.5. The second kappa shape index (κ2) is 5.81. The minimum Gasteiger partial charge on any atom is -0.480 e. The summed E-state index contributed by atoms with van der Waals surface area (Å²) in [6.07, 6.45) is 0.563. The van der Waals surface area contributed by atoms with Crippen molar-refractivity contribution in [3.8, 4) is 0 Å². The van der Waals surface area contributed by atoms with Crippen LogP contribution in [0.5, 0.6) is 0 Å². The van der Waals surface area contributed by atoms with Crippen LogP contribution in [0.15, 0.2) is 0 Å². The average molecular weight is 230 g/mol. The first kappa shape index (κ1) is 12.9. The van der Waals surface area contributed by atoms with E-state index in [1.807, 2.05) is 0 Å². The summed E-state index contributed by atoms with van der Waals surface area (Å²) in [7, 11) is 0. The number of carbonyl (C=O) groups is 2. The second-order valence-corrected chi connectivity index (χ2v) is 4.11. The summed E-state index contributed by atoms with van der Waals surface area (Å²) < 4.78 is 0. The number of aliphatic carboxylic acids is 1. The molecule has 0 bridgehead atoms. The molecule has 0 aromatic carbocycles. The standard InChI is InChI=1S/C10H18N2O4/c1-6(13)8(10(15)16)12-9(14)7-3-2-4-11-5-7/h6-8,11,13H,2-5H2,1H3,(H,12,14)(H,15,16)/t6-,7-,8+/m1/s1. The molecule has 0 spiro atoms. The number of carboxylic acid groups (broad SMARTS) is 1. The molecule has 0 saturated carbocycles. The van der Waals surface area contributed by atoms with Crippen molar-refractivity contribution in [3.63, 3.8) is 0 Å². The first-order valence-electron chi connectivity index (χ1n) is 5.44. The van der Waals surface area contributed by atoms with Gasteiger partial charge in [-0.1, -0.05) is 0 Å². The van der Waals surface area contributed by atoms with E-state index in [2.05, 4.69) is 10.6 Å². The zero-order chi connectivity index (χ0) is 12.1. The lowest BCUT2D eigenvalue weighted by atomic mass is 9.98. The van der Waals surface area contributed by atoms with Gasteiger partial charge in [-0.25, -0.2) is 4.79 Å². The lowest BCUT2D eigenvalue weighted by molar-refractivity contribution is -0.145. The van der Waals surface area contributed by atoms with Gasteiger partial charge in [0.2, 0.25) is 5.91 Å². The number of nitrogens with one attached hydrogen (secondary N) is 2. The summed E-state index contributed by atoms with van der Waals surface area (Å²) in [6.45, 7) is 2.80. The topological polar surface area (TPSA) is 98.7 Å². The molecule has 3 atom stereocenters. The molecule has 1 saturated heterocycles. The molecular weight excluding hydrogens is 212 g/mol. The van der Waals surface area contributed by atoms with Crippen LogP contribution in [-0.4, -0.2) is 47.3 Å². The van der Waals surface area contributed by atoms with E-state index >= 15 is 0 Å². The fraction of sp³-hybridized carbons (Fsp3) is 0.800. The van der Waals surface area contributed by atoms with Gasteiger partial charge in [-0.05, 0) is 26.3 Å². The summed E-state index contributed by atoms with van der Waals surface area (Å²) in [5.74, 6) is -1.72. The number of amides is 1. The smallest absolute Gasteiger partial charge is 0.328 e. The van der Waals surface area contributed by atoms with E-state index in [0.717, 1.165) is 19.4 Å². The highest BCUT2D eigenvalue weighted by molar-refractivity contribution is 5.85. The maximum absolute atomic E-state index is 11.7. The molecule has 4 N–H and O–H groups in total. The van der Waals surface area contributed by atoms with Crippen LogP contribution >= 0.6 is 0 Å². The summed E-state index contributed by atoms with van der Waals surface area (Å²) in [5.41, 5.74) is 0. The van der Waals surface area contributed by atoms with Crippen LogP contribution in [0.4, 0.5) is 0 Å². The third-order valence-corrected chi connectivity index (χ3v) is 2.71. The molecule has 6 nitrogen and oxygen atoms in total. The molecule has 0 aromatic rings. The van der Waals surface area contributed by atoms with E-state index in [1.54, 1.807) is 0 Å².